The smallest absolute Gasteiger partial charge is 0.101 e. The molecule has 0 aromatic heterocycles. The number of hydrogen-bond acceptors (Lipinski definition) is 3. The molecule has 0 aromatic rings. The molecule has 0 amide bonds. The molecule has 0 fully saturated rings. The molecule has 0 unspecified atom stereocenters. The first-order valence-corrected chi connectivity index (χ1v) is 2.92. The van der Waals surface area contributed by atoms with Crippen LogP contribution in [-0.4, -0.2) is 16.7 Å². The van der Waals surface area contributed by atoms with E-state index in [1.54, 1.807) is 11.0 Å². The van der Waals surface area contributed by atoms with Crippen molar-refractivity contribution in [2.45, 2.75) is 0 Å². The molecule has 0 atom stereocenters. The number of hydrogen-bond donors (Lipinski definition) is 0. The second-order valence-corrected chi connectivity index (χ2v) is 1.90. The summed E-state index contributed by atoms with van der Waals surface area (Å²) in [5, 5.41) is 10.7. The third kappa shape index (κ3) is 0.699. The van der Waals surface area contributed by atoms with Crippen LogP contribution in [0.5, 0.6) is 0 Å². The Morgan fingerprint density at radius 2 is 2.00 bits per heavy atom. The summed E-state index contributed by atoms with van der Waals surface area (Å²) in [5.74, 6) is 0. The first-order valence-electron chi connectivity index (χ1n) is 2.92. The lowest BCUT2D eigenvalue weighted by molar-refractivity contribution is -0.403. The van der Waals surface area contributed by atoms with E-state index in [9.17, 15) is 0 Å². The van der Waals surface area contributed by atoms with Gasteiger partial charge in [-0.1, -0.05) is 12.2 Å². The predicted octanol–water partition coefficient (Wildman–Crippen LogP) is 0.890. The van der Waals surface area contributed by atoms with Gasteiger partial charge >= 0.3 is 0 Å². The van der Waals surface area contributed by atoms with Crippen LogP contribution >= 0.6 is 0 Å². The maximum absolute atomic E-state index is 3.71. The van der Waals surface area contributed by atoms with Crippen LogP contribution in [0.1, 0.15) is 0 Å². The van der Waals surface area contributed by atoms with Gasteiger partial charge in [0.2, 0.25) is 5.22 Å². The number of rotatable bonds is 0. The Kier molecular flexibility index (Phi) is 1.04. The van der Waals surface area contributed by atoms with Crippen molar-refractivity contribution in [1.82, 2.24) is 0 Å². The summed E-state index contributed by atoms with van der Waals surface area (Å²) in [4.78, 5) is 0. The van der Waals surface area contributed by atoms with E-state index in [4.69, 9.17) is 0 Å². The van der Waals surface area contributed by atoms with E-state index < -0.39 is 0 Å². The minimum absolute atomic E-state index is 0.991. The van der Waals surface area contributed by atoms with E-state index in [-0.39, 0.29) is 0 Å². The molecule has 0 saturated carbocycles. The average Bonchev–Trinajstić information content (AvgIpc) is 2.59. The molecular formula is C6H5N4+. The monoisotopic (exact) mass is 133 g/mol. The summed E-state index contributed by atoms with van der Waals surface area (Å²) in [6, 6.07) is 0. The minimum atomic E-state index is 0.991. The molecule has 4 heteroatoms. The van der Waals surface area contributed by atoms with E-state index in [2.05, 4.69) is 15.5 Å². The SMILES string of the molecule is C1=CC(=[N+]2C=NN=N2)C=C1. The van der Waals surface area contributed by atoms with Crippen LogP contribution in [-0.2, 0) is 0 Å². The third-order valence-electron chi connectivity index (χ3n) is 1.26. The fourth-order valence-electron chi connectivity index (χ4n) is 0.796. The van der Waals surface area contributed by atoms with Gasteiger partial charge in [-0.2, -0.15) is 0 Å². The first kappa shape index (κ1) is 5.22. The summed E-state index contributed by atoms with van der Waals surface area (Å²) in [6.07, 6.45) is 9.33. The zero-order valence-electron chi connectivity index (χ0n) is 5.18. The summed E-state index contributed by atoms with van der Waals surface area (Å²) in [6.45, 7) is 0. The molecule has 1 aliphatic carbocycles. The maximum atomic E-state index is 3.71. The van der Waals surface area contributed by atoms with E-state index in [1.807, 2.05) is 24.3 Å². The van der Waals surface area contributed by atoms with Gasteiger partial charge in [0.05, 0.1) is 0 Å². The Labute approximate surface area is 57.6 Å². The van der Waals surface area contributed by atoms with Crippen LogP contribution in [0.2, 0.25) is 0 Å². The lowest BCUT2D eigenvalue weighted by atomic mass is 10.4. The van der Waals surface area contributed by atoms with Crippen LogP contribution in [0.3, 0.4) is 0 Å². The van der Waals surface area contributed by atoms with Crippen molar-refractivity contribution in [1.29, 1.82) is 0 Å². The molecule has 2 aliphatic rings. The number of allylic oxidation sites excluding steroid dienone is 4. The van der Waals surface area contributed by atoms with Crippen molar-refractivity contribution < 1.29 is 4.68 Å². The van der Waals surface area contributed by atoms with Crippen molar-refractivity contribution in [2.75, 3.05) is 0 Å². The Morgan fingerprint density at radius 3 is 2.60 bits per heavy atom. The fraction of sp³-hybridized carbons (Fsp3) is 0. The van der Waals surface area contributed by atoms with Crippen molar-refractivity contribution in [2.24, 2.45) is 15.5 Å². The highest BCUT2D eigenvalue weighted by Gasteiger charge is 2.08. The van der Waals surface area contributed by atoms with Crippen LogP contribution in [0, 0.1) is 0 Å². The van der Waals surface area contributed by atoms with Crippen molar-refractivity contribution >= 4 is 12.1 Å². The molecule has 0 spiro atoms. The van der Waals surface area contributed by atoms with Crippen LogP contribution in [0.4, 0.5) is 0 Å². The maximum Gasteiger partial charge on any atom is 0.295 e. The van der Waals surface area contributed by atoms with Gasteiger partial charge in [0.15, 0.2) is 0 Å². The number of nitrogens with zero attached hydrogens (tertiary/aromatic N) is 4. The zero-order chi connectivity index (χ0) is 6.81. The van der Waals surface area contributed by atoms with Crippen molar-refractivity contribution in [3.63, 3.8) is 0 Å². The molecular weight excluding hydrogens is 128 g/mol. The van der Waals surface area contributed by atoms with Crippen LogP contribution in [0.25, 0.3) is 0 Å². The van der Waals surface area contributed by atoms with E-state index in [1.165, 1.54) is 0 Å². The Balaban J connectivity index is 2.46. The van der Waals surface area contributed by atoms with Gasteiger partial charge in [0.25, 0.3) is 6.34 Å². The Hall–Kier alpha value is -1.58. The Bertz CT molecular complexity index is 235. The molecule has 4 nitrogen and oxygen atoms in total. The summed E-state index contributed by atoms with van der Waals surface area (Å²) >= 11 is 0. The van der Waals surface area contributed by atoms with Gasteiger partial charge < -0.3 is 0 Å². The molecule has 1 aliphatic heterocycles. The molecule has 0 aromatic carbocycles. The third-order valence-corrected chi connectivity index (χ3v) is 1.26. The van der Waals surface area contributed by atoms with Crippen LogP contribution in [0.15, 0.2) is 39.9 Å². The molecule has 0 N–H and O–H groups in total. The molecule has 10 heavy (non-hydrogen) atoms. The molecule has 48 valence electrons. The van der Waals surface area contributed by atoms with E-state index in [0.29, 0.717) is 0 Å². The standard InChI is InChI=1S/C6H5N4/c1-2-4-6(3-1)10-5-7-8-9-10/h1-5H/q+1. The highest BCUT2D eigenvalue weighted by molar-refractivity contribution is 6.04. The summed E-state index contributed by atoms with van der Waals surface area (Å²) in [7, 11) is 0. The Morgan fingerprint density at radius 1 is 1.20 bits per heavy atom. The predicted molar refractivity (Wildman–Crippen MR) is 36.9 cm³/mol. The van der Waals surface area contributed by atoms with Gasteiger partial charge in [-0.05, 0) is 12.2 Å². The second kappa shape index (κ2) is 1.98. The van der Waals surface area contributed by atoms with Gasteiger partial charge in [-0.3, -0.25) is 0 Å². The highest BCUT2D eigenvalue weighted by atomic mass is 15.6. The molecule has 1 heterocycles. The quantitative estimate of drug-likeness (QED) is 0.440. The zero-order valence-corrected chi connectivity index (χ0v) is 5.18. The largest absolute Gasteiger partial charge is 0.295 e. The lowest BCUT2D eigenvalue weighted by Gasteiger charge is -1.84. The van der Waals surface area contributed by atoms with Gasteiger partial charge in [0.1, 0.15) is 16.0 Å². The van der Waals surface area contributed by atoms with Crippen LogP contribution < -0.4 is 0 Å². The molecule has 0 radical (unpaired) electrons. The molecule has 2 rings (SSSR count). The minimum Gasteiger partial charge on any atom is -0.101 e. The van der Waals surface area contributed by atoms with Gasteiger partial charge in [0, 0.05) is 0 Å². The van der Waals surface area contributed by atoms with Gasteiger partial charge in [-0.15, -0.1) is 4.68 Å². The van der Waals surface area contributed by atoms with E-state index in [0.717, 1.165) is 5.71 Å². The second-order valence-electron chi connectivity index (χ2n) is 1.90. The first-order chi connectivity index (χ1) is 4.97. The van der Waals surface area contributed by atoms with Crippen molar-refractivity contribution in [3.8, 4) is 0 Å². The lowest BCUT2D eigenvalue weighted by Crippen LogP contribution is -2.06. The fourth-order valence-corrected chi connectivity index (χ4v) is 0.796. The highest BCUT2D eigenvalue weighted by Crippen LogP contribution is 1.98. The van der Waals surface area contributed by atoms with E-state index >= 15 is 0 Å². The summed E-state index contributed by atoms with van der Waals surface area (Å²) in [5.41, 5.74) is 0.991. The summed E-state index contributed by atoms with van der Waals surface area (Å²) < 4.78 is 1.61. The van der Waals surface area contributed by atoms with Crippen molar-refractivity contribution in [3.05, 3.63) is 24.3 Å². The normalized spacial score (nSPS) is 20.0. The van der Waals surface area contributed by atoms with Gasteiger partial charge in [-0.25, -0.2) is 0 Å². The molecule has 0 saturated heterocycles. The topological polar surface area (TPSA) is 40.1 Å². The average molecular weight is 133 g/mol. The molecule has 0 bridgehead atoms.